The molecule has 222 valence electrons. The number of nitrogens with zero attached hydrogens (tertiary/aromatic N) is 4. The Hall–Kier alpha value is -4.27. The predicted octanol–water partition coefficient (Wildman–Crippen LogP) is 5.99. The molecule has 1 fully saturated rings. The summed E-state index contributed by atoms with van der Waals surface area (Å²) in [6, 6.07) is 8.63. The maximum atomic E-state index is 15.3. The van der Waals surface area contributed by atoms with Gasteiger partial charge in [0.2, 0.25) is 5.13 Å². The fraction of sp³-hybridized carbons (Fsp3) is 0.241. The monoisotopic (exact) mass is 624 g/mol. The number of hydrogen-bond donors (Lipinski definition) is 2. The third-order valence-corrected chi connectivity index (χ3v) is 8.52. The number of carbonyl (C=O) groups is 1. The lowest BCUT2D eigenvalue weighted by Gasteiger charge is -2.13. The first-order chi connectivity index (χ1) is 20.6. The first-order valence-electron chi connectivity index (χ1n) is 13.3. The van der Waals surface area contributed by atoms with Gasteiger partial charge < -0.3 is 18.9 Å². The zero-order valence-electron chi connectivity index (χ0n) is 22.9. The highest BCUT2D eigenvalue weighted by Gasteiger charge is 2.30. The molecule has 5 aromatic rings. The van der Waals surface area contributed by atoms with Gasteiger partial charge in [0.05, 0.1) is 22.6 Å². The van der Waals surface area contributed by atoms with E-state index in [1.807, 2.05) is 0 Å². The normalized spacial score (nSPS) is 13.8. The van der Waals surface area contributed by atoms with Gasteiger partial charge >= 0.3 is 5.97 Å². The van der Waals surface area contributed by atoms with E-state index in [0.29, 0.717) is 57.4 Å². The highest BCUT2D eigenvalue weighted by Crippen LogP contribution is 2.40. The Bertz CT molecular complexity index is 1880. The summed E-state index contributed by atoms with van der Waals surface area (Å²) in [5.74, 6) is -1.46. The van der Waals surface area contributed by atoms with E-state index in [4.69, 9.17) is 9.62 Å². The smallest absolute Gasteiger partial charge is 0.355 e. The summed E-state index contributed by atoms with van der Waals surface area (Å²) in [5.41, 5.74) is 3.92. The minimum Gasteiger partial charge on any atom is -0.755 e. The van der Waals surface area contributed by atoms with Crippen LogP contribution in [0.5, 0.6) is 0 Å². The molecule has 1 saturated carbocycles. The average molecular weight is 625 g/mol. The summed E-state index contributed by atoms with van der Waals surface area (Å²) in [6.45, 7) is 3.41. The molecule has 0 saturated heterocycles. The average Bonchev–Trinajstić information content (AvgIpc) is 3.34. The molecule has 1 unspecified atom stereocenters. The van der Waals surface area contributed by atoms with Crippen LogP contribution in [0, 0.1) is 31.4 Å². The Kier molecular flexibility index (Phi) is 7.66. The predicted molar refractivity (Wildman–Crippen MR) is 155 cm³/mol. The number of anilines is 1. The lowest BCUT2D eigenvalue weighted by Crippen LogP contribution is -2.04. The second-order valence-electron chi connectivity index (χ2n) is 10.4. The van der Waals surface area contributed by atoms with Crippen LogP contribution in [0.2, 0.25) is 0 Å². The molecule has 0 aliphatic heterocycles. The van der Waals surface area contributed by atoms with E-state index in [-0.39, 0.29) is 28.5 Å². The maximum Gasteiger partial charge on any atom is 0.355 e. The number of aryl methyl sites for hydroxylation is 2. The molecule has 1 aliphatic carbocycles. The number of benzene rings is 2. The van der Waals surface area contributed by atoms with Crippen molar-refractivity contribution in [2.24, 2.45) is 5.92 Å². The molecule has 3 aromatic heterocycles. The molecule has 10 nitrogen and oxygen atoms in total. The largest absolute Gasteiger partial charge is 0.755 e. The minimum atomic E-state index is -2.61. The summed E-state index contributed by atoms with van der Waals surface area (Å²) < 4.78 is 61.7. The molecule has 0 spiro atoms. The minimum absolute atomic E-state index is 0.0790. The van der Waals surface area contributed by atoms with Crippen molar-refractivity contribution < 1.29 is 32.0 Å². The van der Waals surface area contributed by atoms with Crippen LogP contribution in [-0.2, 0) is 24.1 Å². The molecule has 43 heavy (non-hydrogen) atoms. The third kappa shape index (κ3) is 5.85. The number of aromatic nitrogens is 4. The van der Waals surface area contributed by atoms with Gasteiger partial charge in [-0.25, -0.2) is 23.2 Å². The zero-order valence-corrected chi connectivity index (χ0v) is 24.5. The molecule has 0 amide bonds. The van der Waals surface area contributed by atoms with Crippen molar-refractivity contribution in [3.8, 4) is 27.5 Å². The number of nitrogens with one attached hydrogen (secondary N) is 1. The molecular weight excluding hydrogens is 600 g/mol. The number of halogens is 2. The Morgan fingerprint density at radius 2 is 2.00 bits per heavy atom. The quantitative estimate of drug-likeness (QED) is 0.180. The number of rotatable bonds is 10. The third-order valence-electron chi connectivity index (χ3n) is 7.30. The van der Waals surface area contributed by atoms with Crippen molar-refractivity contribution in [1.82, 2.24) is 19.9 Å². The zero-order chi connectivity index (χ0) is 30.4. The van der Waals surface area contributed by atoms with Crippen LogP contribution in [-0.4, -0.2) is 39.8 Å². The summed E-state index contributed by atoms with van der Waals surface area (Å²) in [7, 11) is 0. The molecule has 2 aromatic carbocycles. The van der Waals surface area contributed by atoms with Crippen molar-refractivity contribution in [1.29, 1.82) is 0 Å². The van der Waals surface area contributed by atoms with Crippen molar-refractivity contribution in [2.75, 3.05) is 4.72 Å². The summed E-state index contributed by atoms with van der Waals surface area (Å²) in [5, 5.41) is 20.1. The number of thiazole rings is 1. The summed E-state index contributed by atoms with van der Waals surface area (Å²) >= 11 is -1.52. The van der Waals surface area contributed by atoms with Crippen molar-refractivity contribution in [3.63, 3.8) is 0 Å². The maximum absolute atomic E-state index is 15.3. The van der Waals surface area contributed by atoms with Crippen LogP contribution in [0.1, 0.15) is 51.6 Å². The molecule has 14 heteroatoms. The van der Waals surface area contributed by atoms with Crippen LogP contribution >= 0.6 is 11.3 Å². The Labute approximate surface area is 250 Å². The van der Waals surface area contributed by atoms with E-state index in [1.165, 1.54) is 23.6 Å². The molecule has 1 atom stereocenters. The fourth-order valence-electron chi connectivity index (χ4n) is 5.11. The van der Waals surface area contributed by atoms with Gasteiger partial charge in [0.25, 0.3) is 0 Å². The van der Waals surface area contributed by atoms with Crippen molar-refractivity contribution in [3.05, 3.63) is 87.4 Å². The highest BCUT2D eigenvalue weighted by molar-refractivity contribution is 7.80. The molecule has 3 heterocycles. The molecule has 6 rings (SSSR count). The van der Waals surface area contributed by atoms with Gasteiger partial charge in [-0.2, -0.15) is 5.10 Å². The standard InChI is InChI=1S/C29H25F2N5O5S2/c1-14-26(15(2)41-34-14)20-11-18(6-8-22(20)30)27-21(10-17-5-7-19(12-23(17)31)35-43(39)40)24(9-16-3-4-16)33-36(27)29-32-25(13-42-29)28(37)38/h5-8,11-13,16,35H,3-4,9-10H2,1-2H3,(H,37,38)(H,39,40)/p-1. The number of carboxylic acid groups (broad SMARTS) is 1. The highest BCUT2D eigenvalue weighted by atomic mass is 32.2. The van der Waals surface area contributed by atoms with Gasteiger partial charge in [-0.1, -0.05) is 11.2 Å². The lowest BCUT2D eigenvalue weighted by atomic mass is 9.94. The summed E-state index contributed by atoms with van der Waals surface area (Å²) in [6.07, 6.45) is 2.74. The second kappa shape index (κ2) is 11.4. The van der Waals surface area contributed by atoms with Crippen LogP contribution in [0.15, 0.2) is 46.3 Å². The van der Waals surface area contributed by atoms with E-state index in [2.05, 4.69) is 14.9 Å². The van der Waals surface area contributed by atoms with Crippen LogP contribution in [0.3, 0.4) is 0 Å². The van der Waals surface area contributed by atoms with E-state index in [1.54, 1.807) is 30.7 Å². The second-order valence-corrected chi connectivity index (χ2v) is 11.9. The van der Waals surface area contributed by atoms with Gasteiger partial charge in [0.15, 0.2) is 5.69 Å². The molecule has 0 radical (unpaired) electrons. The number of hydrogen-bond acceptors (Lipinski definition) is 8. The first-order valence-corrected chi connectivity index (χ1v) is 15.2. The SMILES string of the molecule is Cc1noc(C)c1-c1cc(-c2c(Cc3ccc(NS(=O)[O-])cc3F)c(CC3CC3)nn2-c2nc(C(=O)O)cs2)ccc1F. The van der Waals surface area contributed by atoms with Crippen molar-refractivity contribution >= 4 is 34.3 Å². The van der Waals surface area contributed by atoms with E-state index >= 15 is 8.78 Å². The van der Waals surface area contributed by atoms with E-state index in [0.717, 1.165) is 30.2 Å². The van der Waals surface area contributed by atoms with Crippen molar-refractivity contribution in [2.45, 2.75) is 39.5 Å². The molecular formula is C29H24F2N5O5S2-. The first kappa shape index (κ1) is 28.8. The van der Waals surface area contributed by atoms with E-state index < -0.39 is 28.9 Å². The number of carboxylic acids is 1. The Morgan fingerprint density at radius 1 is 1.21 bits per heavy atom. The lowest BCUT2D eigenvalue weighted by molar-refractivity contribution is 0.0691. The number of aromatic carboxylic acids is 1. The van der Waals surface area contributed by atoms with Gasteiger partial charge in [0, 0.05) is 45.4 Å². The van der Waals surface area contributed by atoms with Crippen LogP contribution in [0.4, 0.5) is 14.5 Å². The van der Waals surface area contributed by atoms with Gasteiger partial charge in [-0.15, -0.1) is 11.3 Å². The molecule has 1 aliphatic rings. The topological polar surface area (TPSA) is 146 Å². The van der Waals surface area contributed by atoms with Gasteiger partial charge in [-0.05, 0) is 74.9 Å². The molecule has 2 N–H and O–H groups in total. The van der Waals surface area contributed by atoms with Gasteiger partial charge in [0.1, 0.15) is 17.4 Å². The Morgan fingerprint density at radius 3 is 2.63 bits per heavy atom. The van der Waals surface area contributed by atoms with Crippen LogP contribution < -0.4 is 4.72 Å². The fourth-order valence-corrected chi connectivity index (χ4v) is 6.18. The van der Waals surface area contributed by atoms with Gasteiger partial charge in [-0.3, -0.25) is 4.21 Å². The van der Waals surface area contributed by atoms with E-state index in [9.17, 15) is 18.7 Å². The Balaban J connectivity index is 1.56. The summed E-state index contributed by atoms with van der Waals surface area (Å²) in [4.78, 5) is 15.9. The van der Waals surface area contributed by atoms with Crippen LogP contribution in [0.25, 0.3) is 27.5 Å². The molecule has 0 bridgehead atoms.